The van der Waals surface area contributed by atoms with E-state index in [4.69, 9.17) is 9.97 Å². The lowest BCUT2D eigenvalue weighted by Crippen LogP contribution is -2.22. The van der Waals surface area contributed by atoms with Crippen LogP contribution in [0, 0.1) is 33.6 Å². The maximum atomic E-state index is 12.4. The van der Waals surface area contributed by atoms with Crippen LogP contribution in [-0.4, -0.2) is 20.4 Å². The van der Waals surface area contributed by atoms with Crippen LogP contribution in [0.2, 0.25) is 0 Å². The number of carbonyl (C=O) groups excluding carboxylic acids is 1. The number of anilines is 2. The third-order valence-corrected chi connectivity index (χ3v) is 7.00. The number of hydrogen-bond acceptors (Lipinski definition) is 5. The van der Waals surface area contributed by atoms with Crippen molar-refractivity contribution in [2.75, 3.05) is 4.90 Å². The van der Waals surface area contributed by atoms with E-state index >= 15 is 0 Å². The highest BCUT2D eigenvalue weighted by molar-refractivity contribution is 7.98. The summed E-state index contributed by atoms with van der Waals surface area (Å²) < 4.78 is 2.30. The predicted octanol–water partition coefficient (Wildman–Crippen LogP) is 6.21. The third kappa shape index (κ3) is 4.95. The molecule has 160 valence electrons. The van der Waals surface area contributed by atoms with Crippen molar-refractivity contribution in [2.24, 2.45) is 5.92 Å². The second-order valence-electron chi connectivity index (χ2n) is 8.10. The Kier molecular flexibility index (Phi) is 7.03. The van der Waals surface area contributed by atoms with Crippen LogP contribution in [0.3, 0.4) is 0 Å². The van der Waals surface area contributed by atoms with Crippen LogP contribution >= 0.6 is 23.1 Å². The number of rotatable bonds is 7. The zero-order valence-electron chi connectivity index (χ0n) is 18.8. The SMILES string of the molecule is CC(=O)N(c1ccc(C)c(C)c1)c1nc(CSc2nc(C)c(C)n2CC(C)C)cs1. The average molecular weight is 443 g/mol. The molecule has 0 fully saturated rings. The number of aryl methyl sites for hydroxylation is 3. The van der Waals surface area contributed by atoms with E-state index in [0.717, 1.165) is 40.1 Å². The molecule has 0 bridgehead atoms. The summed E-state index contributed by atoms with van der Waals surface area (Å²) >= 11 is 3.21. The average Bonchev–Trinajstić information content (AvgIpc) is 3.22. The molecule has 7 heteroatoms. The van der Waals surface area contributed by atoms with Gasteiger partial charge in [0.05, 0.1) is 17.1 Å². The smallest absolute Gasteiger partial charge is 0.230 e. The number of amides is 1. The van der Waals surface area contributed by atoms with Crippen LogP contribution < -0.4 is 4.90 Å². The molecule has 0 unspecified atom stereocenters. The van der Waals surface area contributed by atoms with E-state index in [1.54, 1.807) is 23.6 Å². The summed E-state index contributed by atoms with van der Waals surface area (Å²) in [6.45, 7) is 15.3. The van der Waals surface area contributed by atoms with Gasteiger partial charge in [-0.15, -0.1) is 11.3 Å². The zero-order valence-corrected chi connectivity index (χ0v) is 20.4. The highest BCUT2D eigenvalue weighted by Gasteiger charge is 2.19. The normalized spacial score (nSPS) is 11.3. The van der Waals surface area contributed by atoms with Crippen molar-refractivity contribution in [1.82, 2.24) is 14.5 Å². The quantitative estimate of drug-likeness (QED) is 0.408. The molecule has 0 N–H and O–H groups in total. The van der Waals surface area contributed by atoms with Gasteiger partial charge in [-0.2, -0.15) is 0 Å². The van der Waals surface area contributed by atoms with Crippen molar-refractivity contribution < 1.29 is 4.79 Å². The molecular formula is C23H30N4OS2. The van der Waals surface area contributed by atoms with Crippen LogP contribution in [0.25, 0.3) is 0 Å². The molecule has 30 heavy (non-hydrogen) atoms. The monoisotopic (exact) mass is 442 g/mol. The molecular weight excluding hydrogens is 412 g/mol. The van der Waals surface area contributed by atoms with Gasteiger partial charge in [0, 0.05) is 30.3 Å². The summed E-state index contributed by atoms with van der Waals surface area (Å²) in [6, 6.07) is 6.07. The van der Waals surface area contributed by atoms with Gasteiger partial charge in [-0.05, 0) is 56.9 Å². The first-order valence-electron chi connectivity index (χ1n) is 10.2. The van der Waals surface area contributed by atoms with Gasteiger partial charge < -0.3 is 4.57 Å². The van der Waals surface area contributed by atoms with Gasteiger partial charge in [-0.3, -0.25) is 9.69 Å². The van der Waals surface area contributed by atoms with E-state index in [0.29, 0.717) is 11.0 Å². The number of thioether (sulfide) groups is 1. The number of hydrogen-bond donors (Lipinski definition) is 0. The molecule has 0 saturated heterocycles. The number of benzene rings is 1. The third-order valence-electron chi connectivity index (χ3n) is 5.11. The van der Waals surface area contributed by atoms with E-state index in [9.17, 15) is 4.79 Å². The molecule has 2 aromatic heterocycles. The second kappa shape index (κ2) is 9.35. The maximum absolute atomic E-state index is 12.4. The Morgan fingerprint density at radius 3 is 2.53 bits per heavy atom. The van der Waals surface area contributed by atoms with Gasteiger partial charge in [-0.1, -0.05) is 31.7 Å². The first kappa shape index (κ1) is 22.6. The van der Waals surface area contributed by atoms with E-state index in [-0.39, 0.29) is 5.91 Å². The summed E-state index contributed by atoms with van der Waals surface area (Å²) in [6.07, 6.45) is 0. The van der Waals surface area contributed by atoms with E-state index in [2.05, 4.69) is 46.1 Å². The molecule has 2 heterocycles. The summed E-state index contributed by atoms with van der Waals surface area (Å²) in [4.78, 5) is 23.6. The van der Waals surface area contributed by atoms with E-state index in [1.165, 1.54) is 22.6 Å². The van der Waals surface area contributed by atoms with Crippen molar-refractivity contribution in [3.05, 3.63) is 51.8 Å². The van der Waals surface area contributed by atoms with Crippen molar-refractivity contribution in [1.29, 1.82) is 0 Å². The van der Waals surface area contributed by atoms with Crippen molar-refractivity contribution in [3.8, 4) is 0 Å². The van der Waals surface area contributed by atoms with Gasteiger partial charge in [0.2, 0.25) is 5.91 Å². The fourth-order valence-electron chi connectivity index (χ4n) is 3.21. The molecule has 0 aliphatic heterocycles. The van der Waals surface area contributed by atoms with E-state index in [1.807, 2.05) is 23.6 Å². The van der Waals surface area contributed by atoms with Crippen LogP contribution in [0.15, 0.2) is 28.7 Å². The summed E-state index contributed by atoms with van der Waals surface area (Å²) in [5.74, 6) is 1.25. The molecule has 0 radical (unpaired) electrons. The molecule has 0 aliphatic rings. The minimum atomic E-state index is -0.0365. The Hall–Kier alpha value is -2.12. The number of carbonyl (C=O) groups is 1. The largest absolute Gasteiger partial charge is 0.323 e. The minimum Gasteiger partial charge on any atom is -0.323 e. The minimum absolute atomic E-state index is 0.0365. The second-order valence-corrected chi connectivity index (χ2v) is 9.88. The predicted molar refractivity (Wildman–Crippen MR) is 127 cm³/mol. The Morgan fingerprint density at radius 1 is 1.17 bits per heavy atom. The topological polar surface area (TPSA) is 51.0 Å². The van der Waals surface area contributed by atoms with Crippen LogP contribution in [0.1, 0.15) is 49.0 Å². The van der Waals surface area contributed by atoms with Gasteiger partial charge in [0.25, 0.3) is 0 Å². The summed E-state index contributed by atoms with van der Waals surface area (Å²) in [7, 11) is 0. The fourth-order valence-corrected chi connectivity index (χ4v) is 5.20. The van der Waals surface area contributed by atoms with Crippen molar-refractivity contribution >= 4 is 39.8 Å². The molecule has 0 aliphatic carbocycles. The number of thiazole rings is 1. The lowest BCUT2D eigenvalue weighted by molar-refractivity contribution is -0.115. The highest BCUT2D eigenvalue weighted by Crippen LogP contribution is 2.32. The Balaban J connectivity index is 1.80. The van der Waals surface area contributed by atoms with Gasteiger partial charge in [-0.25, -0.2) is 9.97 Å². The lowest BCUT2D eigenvalue weighted by Gasteiger charge is -2.19. The van der Waals surface area contributed by atoms with Gasteiger partial charge in [0.1, 0.15) is 0 Å². The number of nitrogens with zero attached hydrogens (tertiary/aromatic N) is 4. The molecule has 3 aromatic rings. The molecule has 0 spiro atoms. The molecule has 1 amide bonds. The Labute approximate surface area is 187 Å². The first-order chi connectivity index (χ1) is 14.2. The maximum Gasteiger partial charge on any atom is 0.230 e. The van der Waals surface area contributed by atoms with Crippen molar-refractivity contribution in [3.63, 3.8) is 0 Å². The zero-order chi connectivity index (χ0) is 22.0. The molecule has 5 nitrogen and oxygen atoms in total. The number of imidazole rings is 1. The first-order valence-corrected chi connectivity index (χ1v) is 12.0. The molecule has 1 aromatic carbocycles. The standard InChI is InChI=1S/C23H30N4OS2/c1-14(2)11-26-18(6)17(5)24-22(26)29-12-20-13-30-23(25-20)27(19(7)28)21-9-8-15(3)16(4)10-21/h8-10,13-14H,11-12H2,1-7H3. The van der Waals surface area contributed by atoms with Crippen LogP contribution in [0.4, 0.5) is 10.8 Å². The van der Waals surface area contributed by atoms with Crippen LogP contribution in [0.5, 0.6) is 0 Å². The lowest BCUT2D eigenvalue weighted by atomic mass is 10.1. The Bertz CT molecular complexity index is 1050. The molecule has 0 saturated carbocycles. The van der Waals surface area contributed by atoms with E-state index < -0.39 is 0 Å². The number of aromatic nitrogens is 3. The molecule has 0 atom stereocenters. The van der Waals surface area contributed by atoms with Crippen molar-refractivity contribution in [2.45, 2.75) is 65.9 Å². The fraction of sp³-hybridized carbons (Fsp3) is 0.435. The summed E-state index contributed by atoms with van der Waals surface area (Å²) in [5, 5.41) is 3.78. The summed E-state index contributed by atoms with van der Waals surface area (Å²) in [5.41, 5.74) is 6.49. The molecule has 3 rings (SSSR count). The van der Waals surface area contributed by atoms with Crippen LogP contribution in [-0.2, 0) is 17.1 Å². The van der Waals surface area contributed by atoms with Gasteiger partial charge >= 0.3 is 0 Å². The van der Waals surface area contributed by atoms with Gasteiger partial charge in [0.15, 0.2) is 10.3 Å². The highest BCUT2D eigenvalue weighted by atomic mass is 32.2. The Morgan fingerprint density at radius 2 is 1.90 bits per heavy atom.